The number of carbonyl (C=O) groups excluding carboxylic acids is 1. The summed E-state index contributed by atoms with van der Waals surface area (Å²) >= 11 is 0. The maximum Gasteiger partial charge on any atom is 0.200 e. The third kappa shape index (κ3) is 6.87. The number of fused-ring (bicyclic) bond motifs is 10. The number of carbonyl (C=O) groups is 1. The molecular formula is C53H19F15N4O. The summed E-state index contributed by atoms with van der Waals surface area (Å²) in [5, 5.41) is 1.97. The van der Waals surface area contributed by atoms with Crippen molar-refractivity contribution in [3.05, 3.63) is 188 Å². The number of aldehydes is 1. The molecule has 362 valence electrons. The number of hydrogen-bond acceptors (Lipinski definition) is 3. The molecule has 5 heterocycles. The first kappa shape index (κ1) is 46.4. The van der Waals surface area contributed by atoms with Gasteiger partial charge in [0.15, 0.2) is 76.1 Å². The number of nitrogens with one attached hydrogen (secondary N) is 2. The first-order valence-electron chi connectivity index (χ1n) is 21.0. The van der Waals surface area contributed by atoms with E-state index in [0.717, 1.165) is 36.4 Å². The van der Waals surface area contributed by atoms with Crippen LogP contribution in [0.15, 0.2) is 72.8 Å². The van der Waals surface area contributed by atoms with Crippen LogP contribution >= 0.6 is 0 Å². The van der Waals surface area contributed by atoms with Crippen molar-refractivity contribution in [3.8, 4) is 44.5 Å². The van der Waals surface area contributed by atoms with E-state index in [1.807, 2.05) is 0 Å². The minimum absolute atomic E-state index is 0.00286. The molecule has 9 aromatic rings. The van der Waals surface area contributed by atoms with Crippen molar-refractivity contribution in [3.63, 3.8) is 0 Å². The molecule has 3 aromatic heterocycles. The average Bonchev–Trinajstić information content (AvgIpc) is 4.25. The molecule has 2 aliphatic rings. The van der Waals surface area contributed by atoms with Crippen molar-refractivity contribution in [2.24, 2.45) is 0 Å². The van der Waals surface area contributed by atoms with Gasteiger partial charge in [-0.3, -0.25) is 4.79 Å². The van der Waals surface area contributed by atoms with E-state index in [1.54, 1.807) is 42.5 Å². The third-order valence-electron chi connectivity index (χ3n) is 12.4. The summed E-state index contributed by atoms with van der Waals surface area (Å²) in [5.41, 5.74) is -11.8. The molecule has 0 aliphatic carbocycles. The number of halogens is 15. The van der Waals surface area contributed by atoms with Gasteiger partial charge in [-0.25, -0.2) is 75.8 Å². The van der Waals surface area contributed by atoms with Crippen LogP contribution in [-0.4, -0.2) is 26.2 Å². The molecule has 0 saturated carbocycles. The predicted octanol–water partition coefficient (Wildman–Crippen LogP) is 15.5. The topological polar surface area (TPSA) is 74.4 Å². The van der Waals surface area contributed by atoms with Crippen molar-refractivity contribution >= 4 is 74.2 Å². The summed E-state index contributed by atoms with van der Waals surface area (Å²) in [5.74, 6) is -37.0. The molecule has 2 aliphatic heterocycles. The van der Waals surface area contributed by atoms with Gasteiger partial charge in [0.1, 0.15) is 0 Å². The summed E-state index contributed by atoms with van der Waals surface area (Å²) in [4.78, 5) is 26.3. The van der Waals surface area contributed by atoms with E-state index in [9.17, 15) is 18.0 Å². The summed E-state index contributed by atoms with van der Waals surface area (Å²) in [6.45, 7) is 0. The van der Waals surface area contributed by atoms with E-state index in [-0.39, 0.29) is 27.9 Å². The Morgan fingerprint density at radius 2 is 0.644 bits per heavy atom. The zero-order valence-electron chi connectivity index (χ0n) is 35.8. The van der Waals surface area contributed by atoms with E-state index >= 15 is 52.7 Å². The second-order valence-corrected chi connectivity index (χ2v) is 16.4. The number of H-pyrrole nitrogens is 2. The Morgan fingerprint density at radius 3 is 1.01 bits per heavy atom. The normalized spacial score (nSPS) is 12.3. The predicted molar refractivity (Wildman–Crippen MR) is 240 cm³/mol. The Morgan fingerprint density at radius 1 is 0.329 bits per heavy atom. The molecule has 0 fully saturated rings. The van der Waals surface area contributed by atoms with Crippen LogP contribution in [0.4, 0.5) is 65.9 Å². The molecule has 20 heteroatoms. The highest BCUT2D eigenvalue weighted by atomic mass is 19.2. The van der Waals surface area contributed by atoms with Gasteiger partial charge in [0.2, 0.25) is 17.5 Å². The van der Waals surface area contributed by atoms with Crippen molar-refractivity contribution in [2.45, 2.75) is 0 Å². The van der Waals surface area contributed by atoms with Crippen LogP contribution in [0.25, 0.3) is 112 Å². The van der Waals surface area contributed by atoms with E-state index < -0.39 is 154 Å². The van der Waals surface area contributed by atoms with Gasteiger partial charge in [-0.15, -0.1) is 0 Å². The molecular weight excluding hydrogens is 994 g/mol. The van der Waals surface area contributed by atoms with E-state index in [0.29, 0.717) is 27.8 Å². The minimum Gasteiger partial charge on any atom is -0.354 e. The standard InChI is InChI=1S/C53H19F15N4O/c54-39-36(40(55)46(61)51(66)45(39)60)33-26-9-7-24(69-26)32(21-6-2-4-19-15-18-3-1-5-20(17-73)22(18)16-23(19)21)25-8-10-27(70-25)34(37-41(56)47(62)52(67)48(63)42(37)57)29-12-14-31(72-29)35(30-13-11-28(33)71-30)38-43(58)49(64)53(68)50(65)44(38)59/h1-17,69,72H. The molecule has 2 N–H and O–H groups in total. The lowest BCUT2D eigenvalue weighted by Gasteiger charge is -2.12. The molecule has 73 heavy (non-hydrogen) atoms. The second-order valence-electron chi connectivity index (χ2n) is 16.4. The van der Waals surface area contributed by atoms with Gasteiger partial charge in [-0.05, 0) is 87.8 Å². The van der Waals surface area contributed by atoms with E-state index in [4.69, 9.17) is 0 Å². The number of hydrogen-bond donors (Lipinski definition) is 2. The summed E-state index contributed by atoms with van der Waals surface area (Å²) in [6.07, 6.45) is 4.50. The fourth-order valence-electron chi connectivity index (χ4n) is 9.15. The Bertz CT molecular complexity index is 4100. The van der Waals surface area contributed by atoms with Gasteiger partial charge in [0, 0.05) is 49.9 Å². The molecule has 0 radical (unpaired) electrons. The number of rotatable bonds is 5. The van der Waals surface area contributed by atoms with Crippen LogP contribution in [0.1, 0.15) is 33.1 Å². The smallest absolute Gasteiger partial charge is 0.200 e. The van der Waals surface area contributed by atoms with Crippen molar-refractivity contribution in [1.29, 1.82) is 0 Å². The highest BCUT2D eigenvalue weighted by Crippen LogP contribution is 2.44. The van der Waals surface area contributed by atoms with Crippen LogP contribution < -0.4 is 0 Å². The Balaban J connectivity index is 1.40. The molecule has 0 amide bonds. The van der Waals surface area contributed by atoms with Crippen molar-refractivity contribution < 1.29 is 70.7 Å². The number of nitrogens with zero attached hydrogens (tertiary/aromatic N) is 2. The van der Waals surface area contributed by atoms with Gasteiger partial charge in [-0.1, -0.05) is 36.4 Å². The molecule has 6 aromatic carbocycles. The fraction of sp³-hybridized carbons (Fsp3) is 0. The quantitative estimate of drug-likeness (QED) is 0.0593. The molecule has 8 bridgehead atoms. The first-order chi connectivity index (χ1) is 34.9. The molecule has 5 nitrogen and oxygen atoms in total. The molecule has 11 rings (SSSR count). The Labute approximate surface area is 396 Å². The maximum atomic E-state index is 16.1. The first-order valence-corrected chi connectivity index (χ1v) is 21.0. The largest absolute Gasteiger partial charge is 0.354 e. The fourth-order valence-corrected chi connectivity index (χ4v) is 9.15. The Hall–Kier alpha value is -8.94. The van der Waals surface area contributed by atoms with Crippen LogP contribution in [0.3, 0.4) is 0 Å². The van der Waals surface area contributed by atoms with Gasteiger partial charge in [-0.2, -0.15) is 0 Å². The zero-order chi connectivity index (χ0) is 51.6. The highest BCUT2D eigenvalue weighted by molar-refractivity contribution is 6.11. The van der Waals surface area contributed by atoms with Crippen LogP contribution in [0.2, 0.25) is 0 Å². The molecule has 0 unspecified atom stereocenters. The highest BCUT2D eigenvalue weighted by Gasteiger charge is 2.34. The van der Waals surface area contributed by atoms with Gasteiger partial charge in [0.05, 0.1) is 39.5 Å². The summed E-state index contributed by atoms with van der Waals surface area (Å²) in [6, 6.07) is 17.1. The molecule has 0 spiro atoms. The maximum absolute atomic E-state index is 16.1. The summed E-state index contributed by atoms with van der Waals surface area (Å²) < 4.78 is 231. The lowest BCUT2D eigenvalue weighted by atomic mass is 9.93. The van der Waals surface area contributed by atoms with Crippen LogP contribution in [0, 0.1) is 87.3 Å². The SMILES string of the molecule is O=Cc1cccc2cc3cccc(-c4c5nc(c(-c6c(F)c(F)c(F)c(F)c6F)c6ccc([nH]6)c(-c6c(F)c(F)c(F)c(F)c6F)c6nc(c(-c7c(F)c(F)c(F)c(F)c7F)c7ccc4[nH]7)C=C6)C=C5)c3cc12. The van der Waals surface area contributed by atoms with Gasteiger partial charge < -0.3 is 9.97 Å². The second kappa shape index (κ2) is 16.8. The third-order valence-corrected chi connectivity index (χ3v) is 12.4. The number of benzene rings is 6. The lowest BCUT2D eigenvalue weighted by Crippen LogP contribution is -2.06. The molecule has 0 saturated heterocycles. The zero-order valence-corrected chi connectivity index (χ0v) is 35.8. The van der Waals surface area contributed by atoms with E-state index in [1.165, 1.54) is 18.2 Å². The van der Waals surface area contributed by atoms with E-state index in [2.05, 4.69) is 19.9 Å². The summed E-state index contributed by atoms with van der Waals surface area (Å²) in [7, 11) is 0. The number of aromatic amines is 2. The monoisotopic (exact) mass is 1010 g/mol. The van der Waals surface area contributed by atoms with Gasteiger partial charge >= 0.3 is 0 Å². The Kier molecular flexibility index (Phi) is 10.7. The molecule has 0 atom stereocenters. The van der Waals surface area contributed by atoms with Crippen molar-refractivity contribution in [1.82, 2.24) is 19.9 Å². The van der Waals surface area contributed by atoms with Crippen molar-refractivity contribution in [2.75, 3.05) is 0 Å². The van der Waals surface area contributed by atoms with Crippen LogP contribution in [0.5, 0.6) is 0 Å². The van der Waals surface area contributed by atoms with Crippen LogP contribution in [-0.2, 0) is 0 Å². The van der Waals surface area contributed by atoms with Gasteiger partial charge in [0.25, 0.3) is 0 Å². The number of aromatic nitrogens is 4. The average molecular weight is 1010 g/mol. The minimum atomic E-state index is -2.63. The lowest BCUT2D eigenvalue weighted by molar-refractivity contribution is 0.112.